The van der Waals surface area contributed by atoms with Gasteiger partial charge in [0.15, 0.2) is 5.82 Å². The number of aromatic nitrogens is 4. The number of fused-ring (bicyclic) bond motifs is 1. The molecule has 1 saturated heterocycles. The van der Waals surface area contributed by atoms with Crippen molar-refractivity contribution < 1.29 is 4.74 Å². The number of anilines is 2. The predicted molar refractivity (Wildman–Crippen MR) is 141 cm³/mol. The van der Waals surface area contributed by atoms with Crippen LogP contribution in [0, 0.1) is 0 Å². The van der Waals surface area contributed by atoms with Crippen LogP contribution in [0.5, 0.6) is 0 Å². The first-order valence-corrected chi connectivity index (χ1v) is 12.0. The number of nitrogens with two attached hydrogens (primary N) is 1. The molecule has 4 rings (SSSR count). The molecule has 0 saturated carbocycles. The Labute approximate surface area is 206 Å². The first kappa shape index (κ1) is 24.7. The highest BCUT2D eigenvalue weighted by Crippen LogP contribution is 2.22. The Hall–Kier alpha value is -3.43. The van der Waals surface area contributed by atoms with Crippen LogP contribution in [0.15, 0.2) is 47.3 Å². The van der Waals surface area contributed by atoms with Gasteiger partial charge in [0.25, 0.3) is 0 Å². The number of pyridine rings is 2. The van der Waals surface area contributed by atoms with Crippen molar-refractivity contribution in [2.45, 2.75) is 39.2 Å². The summed E-state index contributed by atoms with van der Waals surface area (Å²) in [6.45, 7) is 9.92. The third kappa shape index (κ3) is 6.37. The van der Waals surface area contributed by atoms with Gasteiger partial charge in [0.05, 0.1) is 23.3 Å². The number of nitrogens with zero attached hydrogens (tertiary/aromatic N) is 6. The zero-order valence-electron chi connectivity index (χ0n) is 20.9. The third-order valence-electron chi connectivity index (χ3n) is 6.11. The van der Waals surface area contributed by atoms with Crippen LogP contribution in [0.1, 0.15) is 44.2 Å². The van der Waals surface area contributed by atoms with Crippen LogP contribution in [0.2, 0.25) is 0 Å². The Kier molecular flexibility index (Phi) is 7.99. The number of rotatable bonds is 10. The van der Waals surface area contributed by atoms with E-state index in [2.05, 4.69) is 44.2 Å². The predicted octanol–water partition coefficient (Wildman–Crippen LogP) is 3.77. The Bertz CT molecular complexity index is 1210. The lowest BCUT2D eigenvalue weighted by molar-refractivity contribution is -0.0291. The van der Waals surface area contributed by atoms with Crippen molar-refractivity contribution in [3.8, 4) is 0 Å². The molecule has 0 unspecified atom stereocenters. The van der Waals surface area contributed by atoms with Gasteiger partial charge in [-0.05, 0) is 49.1 Å². The summed E-state index contributed by atoms with van der Waals surface area (Å²) in [5.74, 6) is 1.71. The van der Waals surface area contributed by atoms with E-state index in [1.165, 1.54) is 0 Å². The van der Waals surface area contributed by atoms with Crippen LogP contribution < -0.4 is 11.1 Å². The Morgan fingerprint density at radius 3 is 2.80 bits per heavy atom. The molecule has 0 aliphatic carbocycles. The molecule has 9 nitrogen and oxygen atoms in total. The molecule has 3 N–H and O–H groups in total. The Balaban J connectivity index is 1.44. The van der Waals surface area contributed by atoms with Crippen molar-refractivity contribution in [2.24, 2.45) is 10.7 Å². The van der Waals surface area contributed by atoms with E-state index in [0.29, 0.717) is 29.4 Å². The van der Waals surface area contributed by atoms with Gasteiger partial charge in [0.1, 0.15) is 5.82 Å². The summed E-state index contributed by atoms with van der Waals surface area (Å²) in [6.07, 6.45) is 6.83. The van der Waals surface area contributed by atoms with Crippen LogP contribution in [-0.4, -0.2) is 70.7 Å². The Morgan fingerprint density at radius 1 is 1.23 bits per heavy atom. The molecule has 3 aromatic heterocycles. The second-order valence-electron chi connectivity index (χ2n) is 9.22. The van der Waals surface area contributed by atoms with Gasteiger partial charge in [-0.2, -0.15) is 5.10 Å². The molecule has 184 valence electrons. The van der Waals surface area contributed by atoms with Gasteiger partial charge < -0.3 is 15.8 Å². The molecule has 1 aliphatic rings. The normalized spacial score (nSPS) is 15.6. The fourth-order valence-electron chi connectivity index (χ4n) is 3.91. The maximum absolute atomic E-state index is 6.20. The molecular weight excluding hydrogens is 440 g/mol. The van der Waals surface area contributed by atoms with Crippen molar-refractivity contribution in [3.05, 3.63) is 53.5 Å². The second kappa shape index (κ2) is 11.3. The second-order valence-corrected chi connectivity index (χ2v) is 9.22. The summed E-state index contributed by atoms with van der Waals surface area (Å²) < 4.78 is 5.32. The first-order chi connectivity index (χ1) is 16.9. The van der Waals surface area contributed by atoms with Crippen LogP contribution >= 0.6 is 0 Å². The van der Waals surface area contributed by atoms with Crippen LogP contribution in [0.3, 0.4) is 0 Å². The lowest BCUT2D eigenvalue weighted by atomic mass is 10.1. The summed E-state index contributed by atoms with van der Waals surface area (Å²) in [7, 11) is 1.77. The maximum atomic E-state index is 6.20. The highest BCUT2D eigenvalue weighted by atomic mass is 16.5. The van der Waals surface area contributed by atoms with Gasteiger partial charge >= 0.3 is 0 Å². The molecule has 0 bridgehead atoms. The molecule has 3 aromatic rings. The summed E-state index contributed by atoms with van der Waals surface area (Å²) in [5.41, 5.74) is 11.3. The molecular formula is C26H34N8O. The van der Waals surface area contributed by atoms with Gasteiger partial charge in [0.2, 0.25) is 0 Å². The zero-order valence-corrected chi connectivity index (χ0v) is 20.9. The van der Waals surface area contributed by atoms with Gasteiger partial charge in [-0.3, -0.25) is 14.9 Å². The van der Waals surface area contributed by atoms with E-state index < -0.39 is 0 Å². The zero-order chi connectivity index (χ0) is 24.8. The summed E-state index contributed by atoms with van der Waals surface area (Å²) in [6, 6.07) is 7.81. The molecule has 35 heavy (non-hydrogen) atoms. The average Bonchev–Trinajstić information content (AvgIpc) is 2.82. The molecule has 0 spiro atoms. The van der Waals surface area contributed by atoms with E-state index in [1.54, 1.807) is 13.3 Å². The smallest absolute Gasteiger partial charge is 0.154 e. The molecule has 0 radical (unpaired) electrons. The lowest BCUT2D eigenvalue weighted by Crippen LogP contribution is -2.51. The fraction of sp³-hybridized carbons (Fsp3) is 0.423. The van der Waals surface area contributed by atoms with E-state index in [4.69, 9.17) is 15.5 Å². The average molecular weight is 475 g/mol. The minimum atomic E-state index is 0.368. The van der Waals surface area contributed by atoms with Crippen molar-refractivity contribution in [3.63, 3.8) is 0 Å². The standard InChI is InChI=1S/C26H34N8O/c1-17(2)19-11-26(33-30-13-19)32-25-7-6-23-24(31-25)10-20(12-29-23)22(18(3)27)14-28-8-5-9-34-15-21(16-34)35-4/h6-7,10-14,17,21H,5,8-9,15-16,27H2,1-4H3,(H,31,32,33). The van der Waals surface area contributed by atoms with Crippen molar-refractivity contribution in [2.75, 3.05) is 38.6 Å². The number of aliphatic imine (C=N–C) groups is 1. The monoisotopic (exact) mass is 474 g/mol. The molecule has 9 heteroatoms. The van der Waals surface area contributed by atoms with Crippen molar-refractivity contribution in [1.29, 1.82) is 0 Å². The molecule has 1 fully saturated rings. The van der Waals surface area contributed by atoms with Gasteiger partial charge in [0, 0.05) is 62.5 Å². The first-order valence-electron chi connectivity index (χ1n) is 12.0. The van der Waals surface area contributed by atoms with Gasteiger partial charge in [-0.1, -0.05) is 13.8 Å². The number of ether oxygens (including phenoxy) is 1. The van der Waals surface area contributed by atoms with Crippen LogP contribution in [-0.2, 0) is 4.74 Å². The topological polar surface area (TPSA) is 114 Å². The van der Waals surface area contributed by atoms with Gasteiger partial charge in [-0.15, -0.1) is 5.10 Å². The van der Waals surface area contributed by atoms with E-state index in [-0.39, 0.29) is 0 Å². The number of methoxy groups -OCH3 is 1. The number of nitrogens with one attached hydrogen (secondary N) is 1. The third-order valence-corrected chi connectivity index (χ3v) is 6.11. The number of hydrogen-bond acceptors (Lipinski definition) is 9. The van der Waals surface area contributed by atoms with Crippen LogP contribution in [0.25, 0.3) is 16.6 Å². The highest BCUT2D eigenvalue weighted by Gasteiger charge is 2.25. The molecule has 0 amide bonds. The van der Waals surface area contributed by atoms with Crippen molar-refractivity contribution in [1.82, 2.24) is 25.1 Å². The number of likely N-dealkylation sites (tertiary alicyclic amines) is 1. The quantitative estimate of drug-likeness (QED) is 0.337. The summed E-state index contributed by atoms with van der Waals surface area (Å²) in [4.78, 5) is 16.3. The van der Waals surface area contributed by atoms with E-state index in [9.17, 15) is 0 Å². The lowest BCUT2D eigenvalue weighted by Gasteiger charge is -2.37. The minimum absolute atomic E-state index is 0.368. The van der Waals surface area contributed by atoms with E-state index in [0.717, 1.165) is 60.3 Å². The largest absolute Gasteiger partial charge is 0.402 e. The fourth-order valence-corrected chi connectivity index (χ4v) is 3.91. The Morgan fingerprint density at radius 2 is 2.06 bits per heavy atom. The SMILES string of the molecule is COC1CN(CCCN=CC(=C(C)N)c2cnc3ccc(Nc4cc(C(C)C)cnn4)nc3c2)C1. The molecule has 4 heterocycles. The maximum Gasteiger partial charge on any atom is 0.154 e. The van der Waals surface area contributed by atoms with Gasteiger partial charge in [-0.25, -0.2) is 4.98 Å². The minimum Gasteiger partial charge on any atom is -0.402 e. The van der Waals surface area contributed by atoms with E-state index in [1.807, 2.05) is 43.6 Å². The summed E-state index contributed by atoms with van der Waals surface area (Å²) in [5, 5.41) is 11.5. The van der Waals surface area contributed by atoms with E-state index >= 15 is 0 Å². The highest BCUT2D eigenvalue weighted by molar-refractivity contribution is 6.11. The van der Waals surface area contributed by atoms with Crippen molar-refractivity contribution >= 4 is 34.5 Å². The molecule has 0 aromatic carbocycles. The molecule has 1 aliphatic heterocycles. The number of hydrogen-bond donors (Lipinski definition) is 2. The summed E-state index contributed by atoms with van der Waals surface area (Å²) >= 11 is 0. The number of allylic oxidation sites excluding steroid dienone is 2. The molecule has 0 atom stereocenters. The van der Waals surface area contributed by atoms with Crippen LogP contribution in [0.4, 0.5) is 11.6 Å².